The smallest absolute Gasteiger partial charge is 0.0670 e. The lowest BCUT2D eigenvalue weighted by molar-refractivity contribution is 0.165. The molecule has 0 aromatic heterocycles. The molecule has 2 heteroatoms. The first-order valence-corrected chi connectivity index (χ1v) is 9.36. The van der Waals surface area contributed by atoms with Gasteiger partial charge in [-0.3, -0.25) is 0 Å². The fraction of sp³-hybridized carbons (Fsp3) is 0.947. The van der Waals surface area contributed by atoms with E-state index in [-0.39, 0.29) is 0 Å². The minimum atomic E-state index is -0.396. The van der Waals surface area contributed by atoms with Crippen LogP contribution < -0.4 is 0 Å². The highest BCUT2D eigenvalue weighted by Gasteiger charge is 2.02. The van der Waals surface area contributed by atoms with E-state index in [1.165, 1.54) is 83.5 Å². The highest BCUT2D eigenvalue weighted by atomic mass is 16.3. The molecule has 0 spiro atoms. The summed E-state index contributed by atoms with van der Waals surface area (Å²) in [5, 5.41) is 17.9. The van der Waals surface area contributed by atoms with Crippen molar-refractivity contribution in [1.82, 2.24) is 0 Å². The Morgan fingerprint density at radius 1 is 0.714 bits per heavy atom. The van der Waals surface area contributed by atoms with Crippen LogP contribution in [0.15, 0.2) is 0 Å². The molecule has 0 radical (unpaired) electrons. The largest absolute Gasteiger partial charge is 0.392 e. The van der Waals surface area contributed by atoms with Crippen molar-refractivity contribution >= 4 is 0 Å². The molecular formula is C19H37NO. The van der Waals surface area contributed by atoms with Crippen LogP contribution in [0, 0.1) is 11.3 Å². The van der Waals surface area contributed by atoms with Crippen molar-refractivity contribution in [3.63, 3.8) is 0 Å². The minimum absolute atomic E-state index is 0.290. The summed E-state index contributed by atoms with van der Waals surface area (Å²) in [5.74, 6) is 0. The van der Waals surface area contributed by atoms with E-state index in [0.717, 1.165) is 12.8 Å². The molecule has 1 unspecified atom stereocenters. The van der Waals surface area contributed by atoms with Crippen molar-refractivity contribution in [2.75, 3.05) is 0 Å². The van der Waals surface area contributed by atoms with Crippen LogP contribution in [0.25, 0.3) is 0 Å². The van der Waals surface area contributed by atoms with Gasteiger partial charge in [-0.1, -0.05) is 96.8 Å². The molecule has 0 aliphatic rings. The predicted molar refractivity (Wildman–Crippen MR) is 91.2 cm³/mol. The SMILES string of the molecule is CCCCCCCCCCCCCCCCC(O)CC#N. The molecule has 0 saturated carbocycles. The first-order chi connectivity index (χ1) is 10.3. The van der Waals surface area contributed by atoms with Crippen molar-refractivity contribution in [2.24, 2.45) is 0 Å². The van der Waals surface area contributed by atoms with Gasteiger partial charge < -0.3 is 5.11 Å². The standard InChI is InChI=1S/C19H37NO/c1-2-3-4-5-6-7-8-9-10-11-12-13-14-15-16-19(21)17-18-20/h19,21H,2-17H2,1H3. The van der Waals surface area contributed by atoms with E-state index in [0.29, 0.717) is 6.42 Å². The van der Waals surface area contributed by atoms with Crippen LogP contribution in [0.4, 0.5) is 0 Å². The third-order valence-electron chi connectivity index (χ3n) is 4.22. The maximum absolute atomic E-state index is 9.42. The number of nitrogens with zero attached hydrogens (tertiary/aromatic N) is 1. The lowest BCUT2D eigenvalue weighted by Gasteiger charge is -2.06. The van der Waals surface area contributed by atoms with E-state index >= 15 is 0 Å². The number of aliphatic hydroxyl groups is 1. The number of rotatable bonds is 16. The molecule has 0 rings (SSSR count). The lowest BCUT2D eigenvalue weighted by atomic mass is 10.0. The van der Waals surface area contributed by atoms with Gasteiger partial charge in [-0.15, -0.1) is 0 Å². The molecule has 21 heavy (non-hydrogen) atoms. The summed E-state index contributed by atoms with van der Waals surface area (Å²) >= 11 is 0. The molecule has 2 nitrogen and oxygen atoms in total. The second kappa shape index (κ2) is 17.5. The van der Waals surface area contributed by atoms with E-state index in [1.807, 2.05) is 6.07 Å². The molecule has 0 heterocycles. The van der Waals surface area contributed by atoms with Gasteiger partial charge in [0.25, 0.3) is 0 Å². The van der Waals surface area contributed by atoms with Gasteiger partial charge in [-0.05, 0) is 6.42 Å². The molecule has 0 aliphatic heterocycles. The van der Waals surface area contributed by atoms with Crippen molar-refractivity contribution in [3.05, 3.63) is 0 Å². The zero-order chi connectivity index (χ0) is 15.6. The van der Waals surface area contributed by atoms with E-state index in [9.17, 15) is 5.11 Å². The molecule has 1 N–H and O–H groups in total. The summed E-state index contributed by atoms with van der Waals surface area (Å²) in [7, 11) is 0. The zero-order valence-corrected chi connectivity index (χ0v) is 14.3. The van der Waals surface area contributed by atoms with Gasteiger partial charge >= 0.3 is 0 Å². The quantitative estimate of drug-likeness (QED) is 0.348. The summed E-state index contributed by atoms with van der Waals surface area (Å²) in [5.41, 5.74) is 0. The van der Waals surface area contributed by atoms with Gasteiger partial charge in [0.1, 0.15) is 0 Å². The Morgan fingerprint density at radius 3 is 1.48 bits per heavy atom. The van der Waals surface area contributed by atoms with E-state index < -0.39 is 6.10 Å². The average Bonchev–Trinajstić information content (AvgIpc) is 2.48. The lowest BCUT2D eigenvalue weighted by Crippen LogP contribution is -2.04. The zero-order valence-electron chi connectivity index (χ0n) is 14.3. The van der Waals surface area contributed by atoms with Crippen molar-refractivity contribution in [2.45, 2.75) is 116 Å². The average molecular weight is 296 g/mol. The number of unbranched alkanes of at least 4 members (excludes halogenated alkanes) is 13. The third kappa shape index (κ3) is 17.4. The Morgan fingerprint density at radius 2 is 1.10 bits per heavy atom. The monoisotopic (exact) mass is 295 g/mol. The summed E-state index contributed by atoms with van der Waals surface area (Å²) in [6.07, 6.45) is 19.7. The maximum atomic E-state index is 9.42. The van der Waals surface area contributed by atoms with Crippen molar-refractivity contribution in [3.8, 4) is 6.07 Å². The first kappa shape index (κ1) is 20.5. The van der Waals surface area contributed by atoms with E-state index in [2.05, 4.69) is 6.92 Å². The van der Waals surface area contributed by atoms with Gasteiger partial charge in [0.2, 0.25) is 0 Å². The van der Waals surface area contributed by atoms with Crippen LogP contribution in [0.3, 0.4) is 0 Å². The van der Waals surface area contributed by atoms with E-state index in [4.69, 9.17) is 5.26 Å². The van der Waals surface area contributed by atoms with E-state index in [1.54, 1.807) is 0 Å². The van der Waals surface area contributed by atoms with Gasteiger partial charge in [0.05, 0.1) is 18.6 Å². The first-order valence-electron chi connectivity index (χ1n) is 9.36. The summed E-state index contributed by atoms with van der Waals surface area (Å²) in [6.45, 7) is 2.27. The van der Waals surface area contributed by atoms with Gasteiger partial charge in [0, 0.05) is 0 Å². The minimum Gasteiger partial charge on any atom is -0.392 e. The second-order valence-electron chi connectivity index (χ2n) is 6.40. The van der Waals surface area contributed by atoms with Gasteiger partial charge in [-0.25, -0.2) is 0 Å². The summed E-state index contributed by atoms with van der Waals surface area (Å²) in [6, 6.07) is 2.02. The second-order valence-corrected chi connectivity index (χ2v) is 6.40. The Kier molecular flexibility index (Phi) is 17.0. The Hall–Kier alpha value is -0.550. The number of hydrogen-bond donors (Lipinski definition) is 1. The number of aliphatic hydroxyl groups excluding tert-OH is 1. The summed E-state index contributed by atoms with van der Waals surface area (Å²) in [4.78, 5) is 0. The van der Waals surface area contributed by atoms with Crippen LogP contribution in [-0.2, 0) is 0 Å². The highest BCUT2D eigenvalue weighted by Crippen LogP contribution is 2.14. The van der Waals surface area contributed by atoms with Crippen LogP contribution >= 0.6 is 0 Å². The maximum Gasteiger partial charge on any atom is 0.0670 e. The fourth-order valence-corrected chi connectivity index (χ4v) is 2.78. The molecule has 0 fully saturated rings. The molecule has 0 aromatic rings. The van der Waals surface area contributed by atoms with Crippen molar-refractivity contribution < 1.29 is 5.11 Å². The molecule has 0 aromatic carbocycles. The van der Waals surface area contributed by atoms with Crippen LogP contribution in [0.2, 0.25) is 0 Å². The van der Waals surface area contributed by atoms with Crippen molar-refractivity contribution in [1.29, 1.82) is 5.26 Å². The van der Waals surface area contributed by atoms with Gasteiger partial charge in [0.15, 0.2) is 0 Å². The fourth-order valence-electron chi connectivity index (χ4n) is 2.78. The molecular weight excluding hydrogens is 258 g/mol. The number of hydrogen-bond acceptors (Lipinski definition) is 2. The highest BCUT2D eigenvalue weighted by molar-refractivity contribution is 4.74. The van der Waals surface area contributed by atoms with Gasteiger partial charge in [-0.2, -0.15) is 5.26 Å². The molecule has 124 valence electrons. The summed E-state index contributed by atoms with van der Waals surface area (Å²) < 4.78 is 0. The molecule has 1 atom stereocenters. The number of nitriles is 1. The topological polar surface area (TPSA) is 44.0 Å². The Bertz CT molecular complexity index is 234. The Labute approximate surface area is 132 Å². The predicted octanol–water partition coefficient (Wildman–Crippen LogP) is 6.13. The molecule has 0 bridgehead atoms. The van der Waals surface area contributed by atoms with Crippen LogP contribution in [0.5, 0.6) is 0 Å². The third-order valence-corrected chi connectivity index (χ3v) is 4.22. The molecule has 0 aliphatic carbocycles. The molecule has 0 amide bonds. The molecule has 0 saturated heterocycles. The Balaban J connectivity index is 3.01. The van der Waals surface area contributed by atoms with Crippen LogP contribution in [0.1, 0.15) is 110 Å². The van der Waals surface area contributed by atoms with Crippen LogP contribution in [-0.4, -0.2) is 11.2 Å². The normalized spacial score (nSPS) is 12.2.